The largest absolute Gasteiger partial charge is 0.491 e. The standard InChI is InChI=1S/C19H27N3O/c1-5-7-16-8-9-18(14(3)12-16)23-11-10-20-19-17(6-2)15(4)21-13-22-19/h8-9,12-13H,5-7,10-11H2,1-4H3,(H,20,21,22). The first-order chi connectivity index (χ1) is 11.2. The quantitative estimate of drug-likeness (QED) is 0.745. The lowest BCUT2D eigenvalue weighted by atomic mass is 10.1. The van der Waals surface area contributed by atoms with E-state index in [4.69, 9.17) is 4.74 Å². The van der Waals surface area contributed by atoms with Crippen LogP contribution in [-0.2, 0) is 12.8 Å². The first-order valence-electron chi connectivity index (χ1n) is 8.42. The van der Waals surface area contributed by atoms with Crippen molar-refractivity contribution in [3.63, 3.8) is 0 Å². The molecule has 0 aliphatic carbocycles. The topological polar surface area (TPSA) is 47.0 Å². The van der Waals surface area contributed by atoms with Crippen molar-refractivity contribution in [2.45, 2.75) is 47.0 Å². The van der Waals surface area contributed by atoms with E-state index < -0.39 is 0 Å². The molecule has 1 heterocycles. The van der Waals surface area contributed by atoms with Gasteiger partial charge in [0.05, 0.1) is 6.54 Å². The molecule has 0 radical (unpaired) electrons. The molecular weight excluding hydrogens is 286 g/mol. The van der Waals surface area contributed by atoms with Gasteiger partial charge in [0.1, 0.15) is 24.5 Å². The molecule has 2 aromatic rings. The average molecular weight is 313 g/mol. The summed E-state index contributed by atoms with van der Waals surface area (Å²) in [6.07, 6.45) is 4.82. The molecule has 0 atom stereocenters. The van der Waals surface area contributed by atoms with Gasteiger partial charge in [-0.3, -0.25) is 0 Å². The van der Waals surface area contributed by atoms with E-state index in [-0.39, 0.29) is 0 Å². The monoisotopic (exact) mass is 313 g/mol. The van der Waals surface area contributed by atoms with E-state index in [1.807, 2.05) is 6.92 Å². The minimum Gasteiger partial charge on any atom is -0.491 e. The van der Waals surface area contributed by atoms with Crippen LogP contribution in [0.15, 0.2) is 24.5 Å². The van der Waals surface area contributed by atoms with Crippen molar-refractivity contribution < 1.29 is 4.74 Å². The number of anilines is 1. The summed E-state index contributed by atoms with van der Waals surface area (Å²) in [4.78, 5) is 8.57. The van der Waals surface area contributed by atoms with Gasteiger partial charge in [-0.2, -0.15) is 0 Å². The van der Waals surface area contributed by atoms with Crippen molar-refractivity contribution in [2.24, 2.45) is 0 Å². The normalized spacial score (nSPS) is 10.6. The second kappa shape index (κ2) is 8.51. The van der Waals surface area contributed by atoms with Gasteiger partial charge in [-0.05, 0) is 43.9 Å². The first kappa shape index (κ1) is 17.3. The summed E-state index contributed by atoms with van der Waals surface area (Å²) in [6.45, 7) is 9.77. The molecule has 23 heavy (non-hydrogen) atoms. The van der Waals surface area contributed by atoms with Crippen LogP contribution in [-0.4, -0.2) is 23.1 Å². The van der Waals surface area contributed by atoms with Gasteiger partial charge in [0.25, 0.3) is 0 Å². The fourth-order valence-corrected chi connectivity index (χ4v) is 2.72. The molecule has 4 heteroatoms. The summed E-state index contributed by atoms with van der Waals surface area (Å²) in [5, 5.41) is 3.35. The molecule has 4 nitrogen and oxygen atoms in total. The second-order valence-electron chi connectivity index (χ2n) is 5.76. The summed E-state index contributed by atoms with van der Waals surface area (Å²) in [5.74, 6) is 1.87. The Morgan fingerprint density at radius 2 is 1.96 bits per heavy atom. The Morgan fingerprint density at radius 1 is 1.13 bits per heavy atom. The van der Waals surface area contributed by atoms with Gasteiger partial charge in [-0.25, -0.2) is 9.97 Å². The van der Waals surface area contributed by atoms with Crippen molar-refractivity contribution in [1.82, 2.24) is 9.97 Å². The molecule has 0 amide bonds. The van der Waals surface area contributed by atoms with Crippen LogP contribution >= 0.6 is 0 Å². The molecule has 0 aliphatic rings. The van der Waals surface area contributed by atoms with E-state index in [2.05, 4.69) is 54.3 Å². The van der Waals surface area contributed by atoms with Gasteiger partial charge in [0, 0.05) is 11.3 Å². The number of nitrogens with zero attached hydrogens (tertiary/aromatic N) is 2. The zero-order chi connectivity index (χ0) is 16.7. The minimum atomic E-state index is 0.611. The molecule has 0 aliphatic heterocycles. The summed E-state index contributed by atoms with van der Waals surface area (Å²) >= 11 is 0. The molecule has 0 saturated heterocycles. The number of benzene rings is 1. The van der Waals surface area contributed by atoms with Crippen LogP contribution in [0.2, 0.25) is 0 Å². The SMILES string of the molecule is CCCc1ccc(OCCNc2ncnc(C)c2CC)c(C)c1. The van der Waals surface area contributed by atoms with Crippen molar-refractivity contribution in [1.29, 1.82) is 0 Å². The Balaban J connectivity index is 1.87. The van der Waals surface area contributed by atoms with Crippen LogP contribution in [0.3, 0.4) is 0 Å². The van der Waals surface area contributed by atoms with E-state index >= 15 is 0 Å². The summed E-state index contributed by atoms with van der Waals surface area (Å²) in [7, 11) is 0. The number of rotatable bonds is 8. The molecule has 0 spiro atoms. The third kappa shape index (κ3) is 4.68. The fraction of sp³-hybridized carbons (Fsp3) is 0.474. The Bertz CT molecular complexity index is 641. The maximum Gasteiger partial charge on any atom is 0.132 e. The highest BCUT2D eigenvalue weighted by Crippen LogP contribution is 2.20. The number of nitrogens with one attached hydrogen (secondary N) is 1. The molecule has 1 N–H and O–H groups in total. The summed E-state index contributed by atoms with van der Waals surface area (Å²) in [6, 6.07) is 6.45. The van der Waals surface area contributed by atoms with Crippen LogP contribution in [0.25, 0.3) is 0 Å². The van der Waals surface area contributed by atoms with Crippen LogP contribution in [0.4, 0.5) is 5.82 Å². The number of ether oxygens (including phenoxy) is 1. The maximum atomic E-state index is 5.89. The lowest BCUT2D eigenvalue weighted by molar-refractivity contribution is 0.330. The Kier molecular flexibility index (Phi) is 6.39. The smallest absolute Gasteiger partial charge is 0.132 e. The van der Waals surface area contributed by atoms with E-state index in [0.29, 0.717) is 6.61 Å². The molecule has 0 bridgehead atoms. The third-order valence-electron chi connectivity index (χ3n) is 3.94. The number of aromatic nitrogens is 2. The third-order valence-corrected chi connectivity index (χ3v) is 3.94. The van der Waals surface area contributed by atoms with Crippen LogP contribution < -0.4 is 10.1 Å². The van der Waals surface area contributed by atoms with Gasteiger partial charge in [0.15, 0.2) is 0 Å². The Labute approximate surface area is 139 Å². The molecule has 124 valence electrons. The van der Waals surface area contributed by atoms with Crippen LogP contribution in [0, 0.1) is 13.8 Å². The zero-order valence-corrected chi connectivity index (χ0v) is 14.6. The van der Waals surface area contributed by atoms with Gasteiger partial charge in [0.2, 0.25) is 0 Å². The molecular formula is C19H27N3O. The van der Waals surface area contributed by atoms with Gasteiger partial charge < -0.3 is 10.1 Å². The van der Waals surface area contributed by atoms with Crippen LogP contribution in [0.5, 0.6) is 5.75 Å². The van der Waals surface area contributed by atoms with E-state index in [0.717, 1.165) is 36.6 Å². The second-order valence-corrected chi connectivity index (χ2v) is 5.76. The predicted octanol–water partition coefficient (Wildman–Crippen LogP) is 4.10. The van der Waals surface area contributed by atoms with Crippen LogP contribution in [0.1, 0.15) is 42.7 Å². The highest BCUT2D eigenvalue weighted by molar-refractivity contribution is 5.45. The van der Waals surface area contributed by atoms with E-state index in [1.54, 1.807) is 6.33 Å². The zero-order valence-electron chi connectivity index (χ0n) is 14.6. The van der Waals surface area contributed by atoms with Gasteiger partial charge >= 0.3 is 0 Å². The lowest BCUT2D eigenvalue weighted by Gasteiger charge is -2.13. The lowest BCUT2D eigenvalue weighted by Crippen LogP contribution is -2.14. The minimum absolute atomic E-state index is 0.611. The summed E-state index contributed by atoms with van der Waals surface area (Å²) in [5.41, 5.74) is 4.78. The first-order valence-corrected chi connectivity index (χ1v) is 8.42. The molecule has 1 aromatic carbocycles. The number of hydrogen-bond acceptors (Lipinski definition) is 4. The highest BCUT2D eigenvalue weighted by atomic mass is 16.5. The number of hydrogen-bond donors (Lipinski definition) is 1. The number of aryl methyl sites for hydroxylation is 3. The van der Waals surface area contributed by atoms with Crippen molar-refractivity contribution >= 4 is 5.82 Å². The molecule has 0 unspecified atom stereocenters. The molecule has 0 saturated carbocycles. The fourth-order valence-electron chi connectivity index (χ4n) is 2.72. The Hall–Kier alpha value is -2.10. The highest BCUT2D eigenvalue weighted by Gasteiger charge is 2.06. The predicted molar refractivity (Wildman–Crippen MR) is 95.3 cm³/mol. The van der Waals surface area contributed by atoms with Crippen molar-refractivity contribution in [2.75, 3.05) is 18.5 Å². The average Bonchev–Trinajstić information content (AvgIpc) is 2.53. The molecule has 1 aromatic heterocycles. The Morgan fingerprint density at radius 3 is 2.65 bits per heavy atom. The van der Waals surface area contributed by atoms with Crippen molar-refractivity contribution in [3.05, 3.63) is 46.9 Å². The molecule has 0 fully saturated rings. The van der Waals surface area contributed by atoms with Crippen molar-refractivity contribution in [3.8, 4) is 5.75 Å². The van der Waals surface area contributed by atoms with Gasteiger partial charge in [-0.1, -0.05) is 32.4 Å². The van der Waals surface area contributed by atoms with E-state index in [1.165, 1.54) is 23.1 Å². The maximum absolute atomic E-state index is 5.89. The van der Waals surface area contributed by atoms with E-state index in [9.17, 15) is 0 Å². The van der Waals surface area contributed by atoms with Gasteiger partial charge in [-0.15, -0.1) is 0 Å². The molecule has 2 rings (SSSR count). The summed E-state index contributed by atoms with van der Waals surface area (Å²) < 4.78 is 5.89.